The van der Waals surface area contributed by atoms with Gasteiger partial charge in [0, 0.05) is 17.3 Å². The van der Waals surface area contributed by atoms with Crippen molar-refractivity contribution in [3.05, 3.63) is 65.0 Å². The number of aryl methyl sites for hydroxylation is 1. The molecule has 0 heterocycles. The molecule has 0 aromatic heterocycles. The fourth-order valence-electron chi connectivity index (χ4n) is 4.20. The fourth-order valence-corrected chi connectivity index (χ4v) is 4.20. The number of hydrogen-bond acceptors (Lipinski definition) is 4. The summed E-state index contributed by atoms with van der Waals surface area (Å²) in [7, 11) is 0. The molecule has 8 heteroatoms. The highest BCUT2D eigenvalue weighted by atomic mass is 19.1. The van der Waals surface area contributed by atoms with E-state index in [4.69, 9.17) is 5.21 Å². The number of benzene rings is 2. The van der Waals surface area contributed by atoms with E-state index in [0.29, 0.717) is 12.1 Å². The lowest BCUT2D eigenvalue weighted by Crippen LogP contribution is -2.45. The van der Waals surface area contributed by atoms with Gasteiger partial charge in [-0.15, -0.1) is 0 Å². The molecule has 0 spiro atoms. The Bertz CT molecular complexity index is 1000. The van der Waals surface area contributed by atoms with Crippen molar-refractivity contribution in [3.8, 4) is 0 Å². The predicted octanol–water partition coefficient (Wildman–Crippen LogP) is 3.53. The van der Waals surface area contributed by atoms with Crippen molar-refractivity contribution in [3.63, 3.8) is 0 Å². The molecule has 7 nitrogen and oxygen atoms in total. The molecular formula is C25H30FN3O4. The SMILES string of the molecule is CCc1ccccc1N(CC(=O)NC1CCCCC1)C(=O)Cc1ccc(C(=O)NO)cc1F. The van der Waals surface area contributed by atoms with Crippen LogP contribution in [0.1, 0.15) is 60.5 Å². The first-order valence-corrected chi connectivity index (χ1v) is 11.3. The average Bonchev–Trinajstić information content (AvgIpc) is 2.83. The standard InChI is InChI=1S/C25H30FN3O4/c1-2-17-8-6-7-11-22(17)29(16-23(30)27-20-9-4-3-5-10-20)24(31)15-18-12-13-19(14-21(18)26)25(32)28-33/h6-8,11-14,20,33H,2-5,9-10,15-16H2,1H3,(H,27,30)(H,28,32). The maximum atomic E-state index is 14.6. The van der Waals surface area contributed by atoms with E-state index < -0.39 is 17.6 Å². The molecular weight excluding hydrogens is 425 g/mol. The molecule has 0 saturated heterocycles. The fraction of sp³-hybridized carbons (Fsp3) is 0.400. The number of hydroxylamine groups is 1. The van der Waals surface area contributed by atoms with E-state index in [2.05, 4.69) is 5.32 Å². The highest BCUT2D eigenvalue weighted by Gasteiger charge is 2.24. The summed E-state index contributed by atoms with van der Waals surface area (Å²) >= 11 is 0. The zero-order valence-corrected chi connectivity index (χ0v) is 18.8. The van der Waals surface area contributed by atoms with E-state index in [9.17, 15) is 18.8 Å². The Morgan fingerprint density at radius 3 is 2.45 bits per heavy atom. The molecule has 33 heavy (non-hydrogen) atoms. The lowest BCUT2D eigenvalue weighted by molar-refractivity contribution is -0.124. The van der Waals surface area contributed by atoms with Gasteiger partial charge in [0.2, 0.25) is 11.8 Å². The predicted molar refractivity (Wildman–Crippen MR) is 123 cm³/mol. The Balaban J connectivity index is 1.81. The van der Waals surface area contributed by atoms with Crippen LogP contribution in [0.2, 0.25) is 0 Å². The Hall–Kier alpha value is -3.26. The van der Waals surface area contributed by atoms with Crippen LogP contribution in [-0.4, -0.2) is 35.5 Å². The zero-order valence-electron chi connectivity index (χ0n) is 18.8. The smallest absolute Gasteiger partial charge is 0.274 e. The van der Waals surface area contributed by atoms with E-state index in [1.54, 1.807) is 12.1 Å². The Labute approximate surface area is 192 Å². The number of hydrogen-bond donors (Lipinski definition) is 3. The first-order valence-electron chi connectivity index (χ1n) is 11.3. The van der Waals surface area contributed by atoms with Crippen molar-refractivity contribution in [2.75, 3.05) is 11.4 Å². The third kappa shape index (κ3) is 6.38. The minimum Gasteiger partial charge on any atom is -0.352 e. The number of amides is 3. The zero-order chi connectivity index (χ0) is 23.8. The molecule has 0 aliphatic heterocycles. The summed E-state index contributed by atoms with van der Waals surface area (Å²) in [4.78, 5) is 39.0. The summed E-state index contributed by atoms with van der Waals surface area (Å²) < 4.78 is 14.6. The second-order valence-corrected chi connectivity index (χ2v) is 8.29. The van der Waals surface area contributed by atoms with Gasteiger partial charge in [0.25, 0.3) is 5.91 Å². The first kappa shape index (κ1) is 24.4. The lowest BCUT2D eigenvalue weighted by Gasteiger charge is -2.27. The summed E-state index contributed by atoms with van der Waals surface area (Å²) in [5.74, 6) is -2.24. The summed E-state index contributed by atoms with van der Waals surface area (Å²) in [5.41, 5.74) is 3.02. The van der Waals surface area contributed by atoms with Gasteiger partial charge in [0.1, 0.15) is 12.4 Å². The second-order valence-electron chi connectivity index (χ2n) is 8.29. The lowest BCUT2D eigenvalue weighted by atomic mass is 9.95. The molecule has 3 N–H and O–H groups in total. The normalized spacial score (nSPS) is 13.9. The van der Waals surface area contributed by atoms with Crippen molar-refractivity contribution >= 4 is 23.4 Å². The van der Waals surface area contributed by atoms with Crippen molar-refractivity contribution in [1.29, 1.82) is 0 Å². The number of carbonyl (C=O) groups excluding carboxylic acids is 3. The molecule has 1 aliphatic rings. The Kier molecular flexibility index (Phi) is 8.54. The van der Waals surface area contributed by atoms with Crippen LogP contribution in [0.5, 0.6) is 0 Å². The quantitative estimate of drug-likeness (QED) is 0.419. The molecule has 1 fully saturated rings. The van der Waals surface area contributed by atoms with Gasteiger partial charge in [-0.05, 0) is 48.6 Å². The maximum Gasteiger partial charge on any atom is 0.274 e. The summed E-state index contributed by atoms with van der Waals surface area (Å²) in [6.07, 6.45) is 5.59. The molecule has 0 radical (unpaired) electrons. The summed E-state index contributed by atoms with van der Waals surface area (Å²) in [6.45, 7) is 1.81. The minimum absolute atomic E-state index is 0.0637. The van der Waals surface area contributed by atoms with Crippen LogP contribution in [-0.2, 0) is 22.4 Å². The molecule has 3 amide bonds. The number of halogens is 1. The highest BCUT2D eigenvalue weighted by molar-refractivity contribution is 6.00. The van der Waals surface area contributed by atoms with Gasteiger partial charge in [0.05, 0.1) is 6.42 Å². The van der Waals surface area contributed by atoms with Crippen LogP contribution in [0.15, 0.2) is 42.5 Å². The molecule has 2 aromatic carbocycles. The van der Waals surface area contributed by atoms with E-state index in [1.807, 2.05) is 19.1 Å². The molecule has 1 saturated carbocycles. The van der Waals surface area contributed by atoms with Crippen LogP contribution < -0.4 is 15.7 Å². The molecule has 3 rings (SSSR count). The average molecular weight is 456 g/mol. The topological polar surface area (TPSA) is 98.7 Å². The highest BCUT2D eigenvalue weighted by Crippen LogP contribution is 2.23. The molecule has 0 unspecified atom stereocenters. The number of nitrogens with zero attached hydrogens (tertiary/aromatic N) is 1. The van der Waals surface area contributed by atoms with Crippen molar-refractivity contribution in [2.24, 2.45) is 0 Å². The van der Waals surface area contributed by atoms with E-state index in [0.717, 1.165) is 37.3 Å². The van der Waals surface area contributed by atoms with Crippen LogP contribution in [0.3, 0.4) is 0 Å². The third-order valence-corrected chi connectivity index (χ3v) is 5.99. The molecule has 1 aliphatic carbocycles. The number of rotatable bonds is 8. The monoisotopic (exact) mass is 455 g/mol. The number of carbonyl (C=O) groups is 3. The first-order chi connectivity index (χ1) is 15.9. The molecule has 0 atom stereocenters. The number of para-hydroxylation sites is 1. The number of anilines is 1. The van der Waals surface area contributed by atoms with E-state index in [-0.39, 0.29) is 36.0 Å². The van der Waals surface area contributed by atoms with Gasteiger partial charge < -0.3 is 10.2 Å². The van der Waals surface area contributed by atoms with Gasteiger partial charge in [-0.3, -0.25) is 19.6 Å². The van der Waals surface area contributed by atoms with Crippen LogP contribution in [0.4, 0.5) is 10.1 Å². The summed E-state index contributed by atoms with van der Waals surface area (Å²) in [6, 6.07) is 11.1. The van der Waals surface area contributed by atoms with Crippen LogP contribution in [0, 0.1) is 5.82 Å². The van der Waals surface area contributed by atoms with Gasteiger partial charge in [0.15, 0.2) is 0 Å². The number of nitrogens with one attached hydrogen (secondary N) is 2. The largest absolute Gasteiger partial charge is 0.352 e. The Morgan fingerprint density at radius 1 is 1.06 bits per heavy atom. The molecule has 176 valence electrons. The summed E-state index contributed by atoms with van der Waals surface area (Å²) in [5, 5.41) is 11.8. The van der Waals surface area contributed by atoms with Crippen molar-refractivity contribution in [1.82, 2.24) is 10.8 Å². The van der Waals surface area contributed by atoms with E-state index in [1.165, 1.54) is 28.9 Å². The van der Waals surface area contributed by atoms with Crippen LogP contribution in [0.25, 0.3) is 0 Å². The third-order valence-electron chi connectivity index (χ3n) is 5.99. The minimum atomic E-state index is -0.843. The second kappa shape index (κ2) is 11.6. The van der Waals surface area contributed by atoms with Gasteiger partial charge in [-0.25, -0.2) is 9.87 Å². The molecule has 0 bridgehead atoms. The Morgan fingerprint density at radius 2 is 1.79 bits per heavy atom. The van der Waals surface area contributed by atoms with Crippen molar-refractivity contribution < 1.29 is 24.0 Å². The van der Waals surface area contributed by atoms with Crippen molar-refractivity contribution in [2.45, 2.75) is 57.9 Å². The van der Waals surface area contributed by atoms with Gasteiger partial charge in [-0.1, -0.05) is 50.5 Å². The molecule has 2 aromatic rings. The maximum absolute atomic E-state index is 14.6. The van der Waals surface area contributed by atoms with Gasteiger partial charge in [-0.2, -0.15) is 0 Å². The van der Waals surface area contributed by atoms with Crippen LogP contribution >= 0.6 is 0 Å². The van der Waals surface area contributed by atoms with Gasteiger partial charge >= 0.3 is 0 Å². The van der Waals surface area contributed by atoms with E-state index >= 15 is 0 Å².